The van der Waals surface area contributed by atoms with Gasteiger partial charge in [-0.3, -0.25) is 0 Å². The lowest BCUT2D eigenvalue weighted by Crippen LogP contribution is -2.09. The molecule has 0 radical (unpaired) electrons. The second kappa shape index (κ2) is 7.27. The van der Waals surface area contributed by atoms with Crippen molar-refractivity contribution in [2.75, 3.05) is 5.43 Å². The van der Waals surface area contributed by atoms with E-state index in [4.69, 9.17) is 4.42 Å². The van der Waals surface area contributed by atoms with Crippen LogP contribution in [0.4, 0.5) is 5.95 Å². The number of benzene rings is 2. The van der Waals surface area contributed by atoms with Crippen LogP contribution in [0.2, 0.25) is 0 Å². The SMILES string of the molecule is Cc1ccc(-c2c/c(=N/Nc3nc(C)cc(C)n3)c3ccc(C)cc3o2)cc1. The van der Waals surface area contributed by atoms with Crippen molar-refractivity contribution in [1.29, 1.82) is 0 Å². The molecule has 0 bridgehead atoms. The first-order chi connectivity index (χ1) is 13.5. The van der Waals surface area contributed by atoms with E-state index < -0.39 is 0 Å². The fourth-order valence-corrected chi connectivity index (χ4v) is 3.11. The zero-order chi connectivity index (χ0) is 19.7. The number of nitrogens with one attached hydrogen (secondary N) is 1. The summed E-state index contributed by atoms with van der Waals surface area (Å²) < 4.78 is 6.18. The molecule has 0 aliphatic heterocycles. The van der Waals surface area contributed by atoms with E-state index in [0.29, 0.717) is 5.95 Å². The molecule has 2 aromatic heterocycles. The van der Waals surface area contributed by atoms with Crippen molar-refractivity contribution >= 4 is 16.9 Å². The van der Waals surface area contributed by atoms with E-state index >= 15 is 0 Å². The molecule has 0 atom stereocenters. The summed E-state index contributed by atoms with van der Waals surface area (Å²) in [7, 11) is 0. The van der Waals surface area contributed by atoms with Gasteiger partial charge in [-0.2, -0.15) is 5.10 Å². The number of rotatable bonds is 3. The number of aryl methyl sites for hydroxylation is 4. The number of hydrogen-bond acceptors (Lipinski definition) is 5. The van der Waals surface area contributed by atoms with Crippen LogP contribution in [-0.2, 0) is 0 Å². The summed E-state index contributed by atoms with van der Waals surface area (Å²) in [6.07, 6.45) is 0. The van der Waals surface area contributed by atoms with E-state index in [1.54, 1.807) is 0 Å². The Kier molecular flexibility index (Phi) is 4.65. The molecule has 0 saturated carbocycles. The topological polar surface area (TPSA) is 63.3 Å². The molecule has 140 valence electrons. The number of anilines is 1. The highest BCUT2D eigenvalue weighted by atomic mass is 16.3. The monoisotopic (exact) mass is 370 g/mol. The number of nitrogens with zero attached hydrogens (tertiary/aromatic N) is 3. The highest BCUT2D eigenvalue weighted by molar-refractivity contribution is 5.79. The van der Waals surface area contributed by atoms with Crippen molar-refractivity contribution in [3.05, 3.63) is 82.5 Å². The first kappa shape index (κ1) is 17.9. The fraction of sp³-hybridized carbons (Fsp3) is 0.174. The van der Waals surface area contributed by atoms with Gasteiger partial charge in [0.05, 0.1) is 5.36 Å². The predicted molar refractivity (Wildman–Crippen MR) is 112 cm³/mol. The van der Waals surface area contributed by atoms with E-state index in [2.05, 4.69) is 57.8 Å². The third kappa shape index (κ3) is 3.78. The summed E-state index contributed by atoms with van der Waals surface area (Å²) >= 11 is 0. The van der Waals surface area contributed by atoms with Crippen molar-refractivity contribution in [1.82, 2.24) is 9.97 Å². The van der Waals surface area contributed by atoms with Gasteiger partial charge >= 0.3 is 0 Å². The van der Waals surface area contributed by atoms with Gasteiger partial charge in [-0.05, 0) is 51.5 Å². The molecule has 0 spiro atoms. The van der Waals surface area contributed by atoms with Crippen molar-refractivity contribution in [3.8, 4) is 11.3 Å². The Hall–Kier alpha value is -3.47. The molecule has 4 rings (SSSR count). The van der Waals surface area contributed by atoms with Gasteiger partial charge in [-0.25, -0.2) is 15.4 Å². The standard InChI is InChI=1S/C23H22N4O/c1-14-5-8-18(9-6-14)21-13-20(19-10-7-15(2)11-22(19)28-21)26-27-23-24-16(3)12-17(4)25-23/h5-13H,1-4H3,(H,24,25,27)/b26-20-. The van der Waals surface area contributed by atoms with Crippen LogP contribution >= 0.6 is 0 Å². The first-order valence-corrected chi connectivity index (χ1v) is 9.21. The van der Waals surface area contributed by atoms with Gasteiger partial charge in [0, 0.05) is 28.4 Å². The second-order valence-corrected chi connectivity index (χ2v) is 7.06. The van der Waals surface area contributed by atoms with Crippen LogP contribution in [0.25, 0.3) is 22.3 Å². The molecule has 2 aromatic carbocycles. The molecule has 2 heterocycles. The lowest BCUT2D eigenvalue weighted by molar-refractivity contribution is 0.618. The average Bonchev–Trinajstić information content (AvgIpc) is 2.65. The summed E-state index contributed by atoms with van der Waals surface area (Å²) in [5.74, 6) is 1.25. The van der Waals surface area contributed by atoms with Crippen molar-refractivity contribution in [3.63, 3.8) is 0 Å². The molecule has 0 amide bonds. The predicted octanol–water partition coefficient (Wildman–Crippen LogP) is 5.05. The molecule has 1 N–H and O–H groups in total. The molecule has 4 aromatic rings. The van der Waals surface area contributed by atoms with Gasteiger partial charge in [0.25, 0.3) is 0 Å². The highest BCUT2D eigenvalue weighted by Gasteiger charge is 2.07. The summed E-state index contributed by atoms with van der Waals surface area (Å²) in [5.41, 5.74) is 8.93. The molecular weight excluding hydrogens is 348 g/mol. The van der Waals surface area contributed by atoms with E-state index in [1.165, 1.54) is 5.56 Å². The Morgan fingerprint density at radius 2 is 1.46 bits per heavy atom. The molecule has 0 fully saturated rings. The van der Waals surface area contributed by atoms with Gasteiger partial charge in [0.1, 0.15) is 11.3 Å². The van der Waals surface area contributed by atoms with Crippen molar-refractivity contribution in [2.45, 2.75) is 27.7 Å². The highest BCUT2D eigenvalue weighted by Crippen LogP contribution is 2.23. The van der Waals surface area contributed by atoms with Crippen LogP contribution in [0.5, 0.6) is 0 Å². The van der Waals surface area contributed by atoms with Crippen LogP contribution in [0.1, 0.15) is 22.5 Å². The maximum absolute atomic E-state index is 6.18. The van der Waals surface area contributed by atoms with E-state index in [1.807, 2.05) is 45.0 Å². The largest absolute Gasteiger partial charge is 0.456 e. The van der Waals surface area contributed by atoms with Gasteiger partial charge in [0.2, 0.25) is 5.95 Å². The Balaban J connectivity index is 1.86. The lowest BCUT2D eigenvalue weighted by atomic mass is 10.1. The zero-order valence-electron chi connectivity index (χ0n) is 16.4. The van der Waals surface area contributed by atoms with Crippen LogP contribution in [-0.4, -0.2) is 9.97 Å². The Morgan fingerprint density at radius 1 is 0.786 bits per heavy atom. The minimum Gasteiger partial charge on any atom is -0.456 e. The summed E-state index contributed by atoms with van der Waals surface area (Å²) in [4.78, 5) is 8.79. The summed E-state index contributed by atoms with van der Waals surface area (Å²) in [6, 6.07) is 18.2. The van der Waals surface area contributed by atoms with Crippen molar-refractivity contribution < 1.29 is 4.42 Å². The molecule has 0 saturated heterocycles. The quantitative estimate of drug-likeness (QED) is 0.513. The van der Waals surface area contributed by atoms with Crippen LogP contribution in [0.3, 0.4) is 0 Å². The second-order valence-electron chi connectivity index (χ2n) is 7.06. The fourth-order valence-electron chi connectivity index (χ4n) is 3.11. The molecular formula is C23H22N4O. The number of fused-ring (bicyclic) bond motifs is 1. The number of hydrogen-bond donors (Lipinski definition) is 1. The van der Waals surface area contributed by atoms with Crippen LogP contribution < -0.4 is 10.8 Å². The third-order valence-electron chi connectivity index (χ3n) is 4.50. The molecule has 5 nitrogen and oxygen atoms in total. The Bertz CT molecular complexity index is 1200. The Labute approximate surface area is 163 Å². The minimum absolute atomic E-state index is 0.482. The van der Waals surface area contributed by atoms with E-state index in [9.17, 15) is 0 Å². The molecule has 28 heavy (non-hydrogen) atoms. The van der Waals surface area contributed by atoms with Crippen LogP contribution in [0, 0.1) is 27.7 Å². The molecule has 0 aliphatic carbocycles. The maximum Gasteiger partial charge on any atom is 0.243 e. The van der Waals surface area contributed by atoms with Gasteiger partial charge in [-0.1, -0.05) is 35.9 Å². The van der Waals surface area contributed by atoms with E-state index in [0.717, 1.165) is 44.6 Å². The molecule has 0 unspecified atom stereocenters. The summed E-state index contributed by atoms with van der Waals surface area (Å²) in [5, 5.41) is 6.29. The minimum atomic E-state index is 0.482. The average molecular weight is 370 g/mol. The molecule has 5 heteroatoms. The first-order valence-electron chi connectivity index (χ1n) is 9.21. The number of aromatic nitrogens is 2. The van der Waals surface area contributed by atoms with Gasteiger partial charge < -0.3 is 4.42 Å². The van der Waals surface area contributed by atoms with Gasteiger partial charge in [0.15, 0.2) is 0 Å². The van der Waals surface area contributed by atoms with Crippen LogP contribution in [0.15, 0.2) is 64.1 Å². The van der Waals surface area contributed by atoms with E-state index in [-0.39, 0.29) is 0 Å². The van der Waals surface area contributed by atoms with Gasteiger partial charge in [-0.15, -0.1) is 0 Å². The normalized spacial score (nSPS) is 11.8. The zero-order valence-corrected chi connectivity index (χ0v) is 16.4. The molecule has 0 aliphatic rings. The third-order valence-corrected chi connectivity index (χ3v) is 4.50. The lowest BCUT2D eigenvalue weighted by Gasteiger charge is -2.07. The smallest absolute Gasteiger partial charge is 0.243 e. The van der Waals surface area contributed by atoms with Crippen molar-refractivity contribution in [2.24, 2.45) is 5.10 Å². The summed E-state index contributed by atoms with van der Waals surface area (Å²) in [6.45, 7) is 8.00. The maximum atomic E-state index is 6.18. The Morgan fingerprint density at radius 3 is 2.18 bits per heavy atom.